The molecule has 2 aromatic rings. The standard InChI is InChI=1S/C34H48N4O8S/c1-21(2)25(17-30(41)36(5)15-13-22-19-37(6)27-11-9-8-10-24(22)27)32(44)35-26(18-31(42)43)28(39)20-38(47(7,45)46)34-14-12-23(16-29(34)40)33(34,3)4/h8-11,19,21,23,25-26H,12-18,20H2,1-7H3,(H,35,44)(H,42,43). The second kappa shape index (κ2) is 13.5. The number of rotatable bonds is 15. The number of carboxylic acid groups (broad SMARTS) is 1. The predicted molar refractivity (Wildman–Crippen MR) is 177 cm³/mol. The molecule has 2 aliphatic carbocycles. The summed E-state index contributed by atoms with van der Waals surface area (Å²) in [5.41, 5.74) is 0.0439. The van der Waals surface area contributed by atoms with Crippen LogP contribution in [0.2, 0.25) is 0 Å². The van der Waals surface area contributed by atoms with Gasteiger partial charge in [-0.25, -0.2) is 8.42 Å². The number of aliphatic carboxylic acids is 1. The van der Waals surface area contributed by atoms with E-state index in [1.807, 2.05) is 55.9 Å². The number of carboxylic acids is 1. The van der Waals surface area contributed by atoms with Crippen molar-refractivity contribution in [2.24, 2.45) is 30.2 Å². The minimum absolute atomic E-state index is 0.0293. The number of benzene rings is 1. The smallest absolute Gasteiger partial charge is 0.305 e. The van der Waals surface area contributed by atoms with Crippen LogP contribution >= 0.6 is 0 Å². The summed E-state index contributed by atoms with van der Waals surface area (Å²) < 4.78 is 29.2. The van der Waals surface area contributed by atoms with Gasteiger partial charge in [-0.3, -0.25) is 24.0 Å². The summed E-state index contributed by atoms with van der Waals surface area (Å²) in [7, 11) is -0.464. The fourth-order valence-corrected chi connectivity index (χ4v) is 9.09. The fraction of sp³-hybridized carbons (Fsp3) is 0.618. The lowest BCUT2D eigenvalue weighted by molar-refractivity contribution is -0.142. The van der Waals surface area contributed by atoms with Crippen molar-refractivity contribution in [2.75, 3.05) is 26.4 Å². The van der Waals surface area contributed by atoms with E-state index in [2.05, 4.69) is 5.32 Å². The molecule has 1 heterocycles. The van der Waals surface area contributed by atoms with Gasteiger partial charge in [0.1, 0.15) is 0 Å². The molecule has 2 fully saturated rings. The molecule has 12 nitrogen and oxygen atoms in total. The number of hydrogen-bond donors (Lipinski definition) is 2. The summed E-state index contributed by atoms with van der Waals surface area (Å²) >= 11 is 0. The molecule has 4 rings (SSSR count). The first kappa shape index (κ1) is 36.3. The maximum absolute atomic E-state index is 13.7. The second-order valence-electron chi connectivity index (χ2n) is 14.2. The van der Waals surface area contributed by atoms with Gasteiger partial charge in [0.15, 0.2) is 11.6 Å². The van der Waals surface area contributed by atoms with Gasteiger partial charge in [-0.1, -0.05) is 45.9 Å². The van der Waals surface area contributed by atoms with Crippen molar-refractivity contribution in [1.82, 2.24) is 19.1 Å². The molecular weight excluding hydrogens is 624 g/mol. The number of aromatic nitrogens is 1. The summed E-state index contributed by atoms with van der Waals surface area (Å²) in [5, 5.41) is 13.2. The summed E-state index contributed by atoms with van der Waals surface area (Å²) in [5.74, 6) is -4.63. The number of sulfonamides is 1. The van der Waals surface area contributed by atoms with Crippen LogP contribution in [-0.4, -0.2) is 94.6 Å². The Bertz CT molecular complexity index is 1680. The Morgan fingerprint density at radius 1 is 1.13 bits per heavy atom. The van der Waals surface area contributed by atoms with E-state index in [9.17, 15) is 37.5 Å². The molecular formula is C34H48N4O8S. The number of carbonyl (C=O) groups excluding carboxylic acids is 4. The third-order valence-corrected chi connectivity index (χ3v) is 11.9. The van der Waals surface area contributed by atoms with Gasteiger partial charge in [-0.05, 0) is 48.1 Å². The molecule has 2 aliphatic rings. The predicted octanol–water partition coefficient (Wildman–Crippen LogP) is 2.78. The molecule has 2 bridgehead atoms. The van der Waals surface area contributed by atoms with Crippen LogP contribution in [0, 0.1) is 23.2 Å². The Kier molecular flexibility index (Phi) is 10.4. The number of Topliss-reactive ketones (excluding diaryl/α,β-unsaturated/α-hetero) is 2. The number of fused-ring (bicyclic) bond motifs is 3. The molecule has 2 N–H and O–H groups in total. The second-order valence-corrected chi connectivity index (χ2v) is 16.1. The van der Waals surface area contributed by atoms with Gasteiger partial charge in [-0.15, -0.1) is 0 Å². The van der Waals surface area contributed by atoms with Crippen LogP contribution in [0.25, 0.3) is 10.9 Å². The number of aryl methyl sites for hydroxylation is 1. The van der Waals surface area contributed by atoms with E-state index >= 15 is 0 Å². The van der Waals surface area contributed by atoms with Gasteiger partial charge in [0, 0.05) is 56.5 Å². The van der Waals surface area contributed by atoms with E-state index < -0.39 is 63.6 Å². The molecule has 0 saturated heterocycles. The summed E-state index contributed by atoms with van der Waals surface area (Å²) in [6, 6.07) is 6.44. The topological polar surface area (TPSA) is 163 Å². The Morgan fingerprint density at radius 3 is 2.34 bits per heavy atom. The van der Waals surface area contributed by atoms with Gasteiger partial charge in [0.05, 0.1) is 30.8 Å². The highest BCUT2D eigenvalue weighted by Crippen LogP contribution is 2.61. The highest BCUT2D eigenvalue weighted by atomic mass is 32.2. The minimum Gasteiger partial charge on any atom is -0.481 e. The Balaban J connectivity index is 1.47. The van der Waals surface area contributed by atoms with E-state index in [1.165, 1.54) is 0 Å². The summed E-state index contributed by atoms with van der Waals surface area (Å²) in [6.45, 7) is 6.85. The van der Waals surface area contributed by atoms with Crippen LogP contribution in [0.5, 0.6) is 0 Å². The highest BCUT2D eigenvalue weighted by Gasteiger charge is 2.68. The zero-order valence-electron chi connectivity index (χ0n) is 28.4. The van der Waals surface area contributed by atoms with Gasteiger partial charge < -0.3 is 19.9 Å². The molecule has 1 aromatic carbocycles. The molecule has 4 atom stereocenters. The van der Waals surface area contributed by atoms with Gasteiger partial charge >= 0.3 is 5.97 Å². The maximum atomic E-state index is 13.7. The Labute approximate surface area is 276 Å². The SMILES string of the molecule is CC(C)C(CC(=O)N(C)CCc1cn(C)c2ccccc12)C(=O)NC(CC(=O)O)C(=O)CN(C12CCC(CC1=O)C2(C)C)S(C)(=O)=O. The van der Waals surface area contributed by atoms with Crippen molar-refractivity contribution in [2.45, 2.75) is 77.8 Å². The lowest BCUT2D eigenvalue weighted by atomic mass is 9.75. The number of carbonyl (C=O) groups is 5. The first-order valence-corrected chi connectivity index (χ1v) is 18.0. The largest absolute Gasteiger partial charge is 0.481 e. The molecule has 0 radical (unpaired) electrons. The average molecular weight is 673 g/mol. The minimum atomic E-state index is -4.09. The Hall–Kier alpha value is -3.58. The summed E-state index contributed by atoms with van der Waals surface area (Å²) in [6.07, 6.45) is 3.75. The fourth-order valence-electron chi connectivity index (χ4n) is 7.74. The quantitative estimate of drug-likeness (QED) is 0.292. The van der Waals surface area contributed by atoms with E-state index in [1.54, 1.807) is 25.8 Å². The number of nitrogens with zero attached hydrogens (tertiary/aromatic N) is 3. The maximum Gasteiger partial charge on any atom is 0.305 e. The van der Waals surface area contributed by atoms with E-state index in [4.69, 9.17) is 0 Å². The van der Waals surface area contributed by atoms with Crippen LogP contribution < -0.4 is 5.32 Å². The molecule has 0 aliphatic heterocycles. The number of hydrogen-bond acceptors (Lipinski definition) is 7. The third kappa shape index (κ3) is 7.01. The molecule has 258 valence electrons. The van der Waals surface area contributed by atoms with Gasteiger partial charge in [0.2, 0.25) is 21.8 Å². The zero-order valence-corrected chi connectivity index (χ0v) is 29.2. The van der Waals surface area contributed by atoms with Crippen LogP contribution in [-0.2, 0) is 47.5 Å². The van der Waals surface area contributed by atoms with Crippen molar-refractivity contribution in [3.8, 4) is 0 Å². The van der Waals surface area contributed by atoms with Crippen LogP contribution in [0.3, 0.4) is 0 Å². The van der Waals surface area contributed by atoms with Crippen LogP contribution in [0.4, 0.5) is 0 Å². The number of nitrogens with one attached hydrogen (secondary N) is 1. The first-order chi connectivity index (χ1) is 21.8. The number of likely N-dealkylation sites (N-methyl/N-ethyl adjacent to an activating group) is 1. The third-order valence-electron chi connectivity index (χ3n) is 10.7. The molecule has 2 amide bonds. The number of ketones is 2. The van der Waals surface area contributed by atoms with E-state index in [0.717, 1.165) is 27.0 Å². The van der Waals surface area contributed by atoms with Crippen molar-refractivity contribution in [3.63, 3.8) is 0 Å². The normalized spacial score (nSPS) is 21.7. The van der Waals surface area contributed by atoms with Crippen molar-refractivity contribution >= 4 is 50.3 Å². The van der Waals surface area contributed by atoms with E-state index in [-0.39, 0.29) is 42.8 Å². The highest BCUT2D eigenvalue weighted by molar-refractivity contribution is 7.88. The van der Waals surface area contributed by atoms with Crippen LogP contribution in [0.1, 0.15) is 65.4 Å². The number of para-hydroxylation sites is 1. The van der Waals surface area contributed by atoms with E-state index in [0.29, 0.717) is 19.4 Å². The molecule has 0 spiro atoms. The number of amides is 2. The van der Waals surface area contributed by atoms with Crippen molar-refractivity contribution in [3.05, 3.63) is 36.0 Å². The average Bonchev–Trinajstić information content (AvgIpc) is 3.50. The van der Waals surface area contributed by atoms with Crippen LogP contribution in [0.15, 0.2) is 30.5 Å². The monoisotopic (exact) mass is 672 g/mol. The lowest BCUT2D eigenvalue weighted by Crippen LogP contribution is -2.62. The van der Waals surface area contributed by atoms with Gasteiger partial charge in [0.25, 0.3) is 0 Å². The van der Waals surface area contributed by atoms with Crippen molar-refractivity contribution in [1.29, 1.82) is 0 Å². The summed E-state index contributed by atoms with van der Waals surface area (Å²) in [4.78, 5) is 67.2. The molecule has 47 heavy (non-hydrogen) atoms. The Morgan fingerprint density at radius 2 is 1.79 bits per heavy atom. The van der Waals surface area contributed by atoms with Gasteiger partial charge in [-0.2, -0.15) is 4.31 Å². The lowest BCUT2D eigenvalue weighted by Gasteiger charge is -2.44. The molecule has 13 heteroatoms. The molecule has 4 unspecified atom stereocenters. The molecule has 2 saturated carbocycles. The first-order valence-electron chi connectivity index (χ1n) is 16.1. The molecule has 1 aromatic heterocycles. The zero-order chi connectivity index (χ0) is 35.1. The van der Waals surface area contributed by atoms with Crippen molar-refractivity contribution < 1.29 is 37.5 Å².